The van der Waals surface area contributed by atoms with Crippen LogP contribution in [0.4, 0.5) is 18.9 Å². The van der Waals surface area contributed by atoms with Crippen LogP contribution < -0.4 is 5.32 Å². The van der Waals surface area contributed by atoms with Crippen molar-refractivity contribution in [1.29, 1.82) is 0 Å². The van der Waals surface area contributed by atoms with Gasteiger partial charge in [0.05, 0.1) is 35.4 Å². The molecule has 2 aromatic rings. The van der Waals surface area contributed by atoms with Gasteiger partial charge in [0.2, 0.25) is 0 Å². The normalized spacial score (nSPS) is 11.1. The van der Waals surface area contributed by atoms with Crippen LogP contribution in [0.5, 0.6) is 5.75 Å². The number of aromatic hydroxyl groups is 1. The molecule has 26 heavy (non-hydrogen) atoms. The number of rotatable bonds is 4. The number of carbonyl (C=O) groups is 2. The number of phenolic OH excluding ortho intramolecular Hbond substituents is 1. The van der Waals surface area contributed by atoms with E-state index in [1.165, 1.54) is 25.3 Å². The highest BCUT2D eigenvalue weighted by Gasteiger charge is 2.35. The number of hydrogen-bond donors (Lipinski definition) is 2. The van der Waals surface area contributed by atoms with Gasteiger partial charge in [0, 0.05) is 0 Å². The maximum absolute atomic E-state index is 13.1. The Kier molecular flexibility index (Phi) is 5.76. The largest absolute Gasteiger partial charge is 0.508 e. The molecule has 0 saturated carbocycles. The Hall–Kier alpha value is -2.74. The van der Waals surface area contributed by atoms with E-state index in [2.05, 4.69) is 10.1 Å². The molecule has 1 amide bonds. The number of halogens is 4. The number of anilines is 1. The second-order valence-electron chi connectivity index (χ2n) is 5.25. The molecule has 0 saturated heterocycles. The van der Waals surface area contributed by atoms with Crippen LogP contribution in [0, 0.1) is 0 Å². The number of amides is 1. The molecule has 0 aromatic heterocycles. The quantitative estimate of drug-likeness (QED) is 0.777. The molecule has 2 aromatic carbocycles. The number of phenols is 1. The highest BCUT2D eigenvalue weighted by Crippen LogP contribution is 2.35. The Morgan fingerprint density at radius 3 is 2.50 bits per heavy atom. The predicted molar refractivity (Wildman–Crippen MR) is 88.2 cm³/mol. The molecule has 2 rings (SSSR count). The number of carbonyl (C=O) groups excluding carboxylic acids is 2. The van der Waals surface area contributed by atoms with Crippen LogP contribution in [-0.4, -0.2) is 24.1 Å². The number of esters is 1. The van der Waals surface area contributed by atoms with E-state index < -0.39 is 34.9 Å². The van der Waals surface area contributed by atoms with Gasteiger partial charge in [-0.05, 0) is 35.9 Å². The van der Waals surface area contributed by atoms with Gasteiger partial charge in [0.25, 0.3) is 5.91 Å². The maximum atomic E-state index is 13.1. The fourth-order valence-corrected chi connectivity index (χ4v) is 2.34. The van der Waals surface area contributed by atoms with Gasteiger partial charge in [-0.15, -0.1) is 0 Å². The van der Waals surface area contributed by atoms with Crippen LogP contribution in [0.1, 0.15) is 21.5 Å². The fourth-order valence-electron chi connectivity index (χ4n) is 2.17. The maximum Gasteiger partial charge on any atom is 0.417 e. The summed E-state index contributed by atoms with van der Waals surface area (Å²) in [5, 5.41) is 11.6. The lowest BCUT2D eigenvalue weighted by Gasteiger charge is -2.14. The summed E-state index contributed by atoms with van der Waals surface area (Å²) in [7, 11) is 1.21. The van der Waals surface area contributed by atoms with Crippen molar-refractivity contribution in [2.24, 2.45) is 0 Å². The molecular weight excluding hydrogens is 375 g/mol. The van der Waals surface area contributed by atoms with Crippen LogP contribution >= 0.6 is 11.6 Å². The molecule has 138 valence electrons. The van der Waals surface area contributed by atoms with Gasteiger partial charge in [-0.3, -0.25) is 9.59 Å². The first-order valence-electron chi connectivity index (χ1n) is 7.18. The van der Waals surface area contributed by atoms with Crippen molar-refractivity contribution >= 4 is 29.2 Å². The van der Waals surface area contributed by atoms with E-state index in [4.69, 9.17) is 11.6 Å². The zero-order chi connectivity index (χ0) is 19.5. The molecule has 0 unspecified atom stereocenters. The molecule has 2 N–H and O–H groups in total. The Labute approximate surface area is 151 Å². The Morgan fingerprint density at radius 2 is 1.88 bits per heavy atom. The van der Waals surface area contributed by atoms with Crippen molar-refractivity contribution in [3.8, 4) is 5.75 Å². The standard InChI is InChI=1S/C17H13ClF3NO4/c1-26-15(24)7-9-2-5-13(18)14(6-9)22-16(25)11-4-3-10(23)8-12(11)17(19,20)21/h2-6,8,23H,7H2,1H3,(H,22,25). The molecule has 0 bridgehead atoms. The lowest BCUT2D eigenvalue weighted by Crippen LogP contribution is -2.19. The number of hydrogen-bond acceptors (Lipinski definition) is 4. The van der Waals surface area contributed by atoms with Crippen molar-refractivity contribution in [1.82, 2.24) is 0 Å². The first-order valence-corrected chi connectivity index (χ1v) is 7.56. The second kappa shape index (κ2) is 7.65. The molecule has 0 aliphatic heterocycles. The lowest BCUT2D eigenvalue weighted by atomic mass is 10.1. The molecule has 0 aliphatic carbocycles. The fraction of sp³-hybridized carbons (Fsp3) is 0.176. The Bertz CT molecular complexity index is 852. The zero-order valence-electron chi connectivity index (χ0n) is 13.4. The molecule has 0 radical (unpaired) electrons. The molecule has 0 heterocycles. The molecule has 9 heteroatoms. The lowest BCUT2D eigenvalue weighted by molar-refractivity contribution is -0.140. The minimum atomic E-state index is -4.83. The van der Waals surface area contributed by atoms with Gasteiger partial charge < -0.3 is 15.2 Å². The third-order valence-electron chi connectivity index (χ3n) is 3.41. The molecule has 0 fully saturated rings. The molecule has 5 nitrogen and oxygen atoms in total. The molecule has 0 aliphatic rings. The van der Waals surface area contributed by atoms with E-state index in [1.807, 2.05) is 0 Å². The summed E-state index contributed by atoms with van der Waals surface area (Å²) < 4.78 is 43.8. The van der Waals surface area contributed by atoms with Gasteiger partial charge in [0.1, 0.15) is 5.75 Å². The Balaban J connectivity index is 2.33. The first-order chi connectivity index (χ1) is 12.1. The molecular formula is C17H13ClF3NO4. The average molecular weight is 388 g/mol. The highest BCUT2D eigenvalue weighted by molar-refractivity contribution is 6.34. The van der Waals surface area contributed by atoms with E-state index in [1.54, 1.807) is 0 Å². The second-order valence-corrected chi connectivity index (χ2v) is 5.66. The smallest absolute Gasteiger partial charge is 0.417 e. The van der Waals surface area contributed by atoms with Gasteiger partial charge >= 0.3 is 12.1 Å². The number of nitrogens with one attached hydrogen (secondary N) is 1. The average Bonchev–Trinajstić information content (AvgIpc) is 2.56. The van der Waals surface area contributed by atoms with Gasteiger partial charge in [-0.2, -0.15) is 13.2 Å². The number of benzene rings is 2. The van der Waals surface area contributed by atoms with Gasteiger partial charge in [-0.25, -0.2) is 0 Å². The highest BCUT2D eigenvalue weighted by atomic mass is 35.5. The number of ether oxygens (including phenoxy) is 1. The zero-order valence-corrected chi connectivity index (χ0v) is 14.1. The summed E-state index contributed by atoms with van der Waals surface area (Å²) >= 11 is 5.96. The van der Waals surface area contributed by atoms with Crippen molar-refractivity contribution in [3.63, 3.8) is 0 Å². The monoisotopic (exact) mass is 387 g/mol. The molecule has 0 spiro atoms. The Morgan fingerprint density at radius 1 is 1.19 bits per heavy atom. The van der Waals surface area contributed by atoms with E-state index in [0.717, 1.165) is 12.1 Å². The van der Waals surface area contributed by atoms with E-state index in [9.17, 15) is 27.9 Å². The van der Waals surface area contributed by atoms with Crippen LogP contribution in [0.25, 0.3) is 0 Å². The van der Waals surface area contributed by atoms with Crippen molar-refractivity contribution in [2.75, 3.05) is 12.4 Å². The first kappa shape index (κ1) is 19.6. The predicted octanol–water partition coefficient (Wildman–Crippen LogP) is 4.03. The van der Waals surface area contributed by atoms with Crippen LogP contribution in [-0.2, 0) is 22.1 Å². The SMILES string of the molecule is COC(=O)Cc1ccc(Cl)c(NC(=O)c2ccc(O)cc2C(F)(F)F)c1. The van der Waals surface area contributed by atoms with Gasteiger partial charge in [0.15, 0.2) is 0 Å². The van der Waals surface area contributed by atoms with Crippen molar-refractivity contribution in [3.05, 3.63) is 58.1 Å². The van der Waals surface area contributed by atoms with Crippen LogP contribution in [0.3, 0.4) is 0 Å². The van der Waals surface area contributed by atoms with E-state index in [-0.39, 0.29) is 17.1 Å². The summed E-state index contributed by atoms with van der Waals surface area (Å²) in [4.78, 5) is 23.6. The van der Waals surface area contributed by atoms with Crippen molar-refractivity contribution < 1.29 is 32.6 Å². The summed E-state index contributed by atoms with van der Waals surface area (Å²) in [6.07, 6.45) is -4.93. The third-order valence-corrected chi connectivity index (χ3v) is 3.74. The van der Waals surface area contributed by atoms with Crippen LogP contribution in [0.15, 0.2) is 36.4 Å². The van der Waals surface area contributed by atoms with Gasteiger partial charge in [-0.1, -0.05) is 17.7 Å². The minimum absolute atomic E-state index is 0.0410. The third kappa shape index (κ3) is 4.66. The minimum Gasteiger partial charge on any atom is -0.508 e. The summed E-state index contributed by atoms with van der Waals surface area (Å²) in [6, 6.07) is 6.59. The summed E-state index contributed by atoms with van der Waals surface area (Å²) in [5.74, 6) is -2.20. The number of methoxy groups -OCH3 is 1. The van der Waals surface area contributed by atoms with Crippen molar-refractivity contribution in [2.45, 2.75) is 12.6 Å². The summed E-state index contributed by atoms with van der Waals surface area (Å²) in [6.45, 7) is 0. The number of alkyl halides is 3. The molecule has 0 atom stereocenters. The topological polar surface area (TPSA) is 75.6 Å². The van der Waals surface area contributed by atoms with E-state index in [0.29, 0.717) is 11.6 Å². The van der Waals surface area contributed by atoms with E-state index >= 15 is 0 Å². The summed E-state index contributed by atoms with van der Waals surface area (Å²) in [5.41, 5.74) is -1.46. The van der Waals surface area contributed by atoms with Crippen LogP contribution in [0.2, 0.25) is 5.02 Å².